The van der Waals surface area contributed by atoms with Crippen molar-refractivity contribution in [2.24, 2.45) is 5.73 Å². The Morgan fingerprint density at radius 3 is 2.40 bits per heavy atom. The third kappa shape index (κ3) is 1.07. The lowest BCUT2D eigenvalue weighted by Crippen LogP contribution is -2.37. The molecule has 0 saturated heterocycles. The standard InChI is InChI=1S/C12H14FNO/c13-9-3-1-2-8(10(9)15)11(4-5-11)12(14)6-7-12/h1-3,15H,4-7,14H2. The minimum Gasteiger partial charge on any atom is -0.505 e. The summed E-state index contributed by atoms with van der Waals surface area (Å²) in [6, 6.07) is 4.74. The largest absolute Gasteiger partial charge is 0.505 e. The molecule has 80 valence electrons. The van der Waals surface area contributed by atoms with Gasteiger partial charge in [0.25, 0.3) is 0 Å². The van der Waals surface area contributed by atoms with Gasteiger partial charge in [0.05, 0.1) is 0 Å². The maximum atomic E-state index is 13.3. The predicted octanol–water partition coefficient (Wildman–Crippen LogP) is 2.05. The Morgan fingerprint density at radius 2 is 1.87 bits per heavy atom. The number of phenols is 1. The predicted molar refractivity (Wildman–Crippen MR) is 55.1 cm³/mol. The molecule has 0 unspecified atom stereocenters. The topological polar surface area (TPSA) is 46.2 Å². The lowest BCUT2D eigenvalue weighted by atomic mass is 9.85. The van der Waals surface area contributed by atoms with Crippen LogP contribution in [0.25, 0.3) is 0 Å². The first-order valence-corrected chi connectivity index (χ1v) is 5.36. The monoisotopic (exact) mass is 207 g/mol. The number of para-hydroxylation sites is 1. The molecule has 0 radical (unpaired) electrons. The third-order valence-corrected chi connectivity index (χ3v) is 3.99. The second-order valence-corrected chi connectivity index (χ2v) is 4.87. The normalized spacial score (nSPS) is 24.9. The van der Waals surface area contributed by atoms with E-state index in [1.807, 2.05) is 0 Å². The van der Waals surface area contributed by atoms with E-state index in [4.69, 9.17) is 5.73 Å². The molecule has 3 N–H and O–H groups in total. The lowest BCUT2D eigenvalue weighted by Gasteiger charge is -2.24. The average molecular weight is 207 g/mol. The molecule has 0 heterocycles. The van der Waals surface area contributed by atoms with Gasteiger partial charge < -0.3 is 10.8 Å². The molecule has 0 atom stereocenters. The maximum absolute atomic E-state index is 13.3. The SMILES string of the molecule is NC1(C2(c3cccc(F)c3O)CC2)CC1. The van der Waals surface area contributed by atoms with E-state index in [0.717, 1.165) is 25.7 Å². The molecule has 3 rings (SSSR count). The van der Waals surface area contributed by atoms with Crippen molar-refractivity contribution in [1.29, 1.82) is 0 Å². The highest BCUT2D eigenvalue weighted by atomic mass is 19.1. The summed E-state index contributed by atoms with van der Waals surface area (Å²) in [5.41, 5.74) is 6.59. The zero-order valence-electron chi connectivity index (χ0n) is 8.46. The zero-order valence-corrected chi connectivity index (χ0v) is 8.46. The molecule has 2 saturated carbocycles. The number of halogens is 1. The fourth-order valence-corrected chi connectivity index (χ4v) is 2.68. The van der Waals surface area contributed by atoms with Crippen LogP contribution < -0.4 is 5.73 Å². The number of aromatic hydroxyl groups is 1. The van der Waals surface area contributed by atoms with Crippen molar-refractivity contribution in [2.45, 2.75) is 36.6 Å². The number of benzene rings is 1. The van der Waals surface area contributed by atoms with E-state index < -0.39 is 5.82 Å². The van der Waals surface area contributed by atoms with Gasteiger partial charge in [0.2, 0.25) is 0 Å². The average Bonchev–Trinajstić information content (AvgIpc) is 3.06. The molecule has 0 bridgehead atoms. The third-order valence-electron chi connectivity index (χ3n) is 3.99. The number of hydrogen-bond acceptors (Lipinski definition) is 2. The van der Waals surface area contributed by atoms with Crippen LogP contribution in [0.15, 0.2) is 18.2 Å². The summed E-state index contributed by atoms with van der Waals surface area (Å²) in [4.78, 5) is 0. The molecule has 15 heavy (non-hydrogen) atoms. The quantitative estimate of drug-likeness (QED) is 0.779. The number of hydrogen-bond donors (Lipinski definition) is 2. The van der Waals surface area contributed by atoms with Crippen molar-refractivity contribution in [1.82, 2.24) is 0 Å². The van der Waals surface area contributed by atoms with E-state index in [1.54, 1.807) is 12.1 Å². The van der Waals surface area contributed by atoms with Crippen LogP contribution in [0.2, 0.25) is 0 Å². The van der Waals surface area contributed by atoms with Crippen LogP contribution in [0.3, 0.4) is 0 Å². The van der Waals surface area contributed by atoms with E-state index in [2.05, 4.69) is 0 Å². The van der Waals surface area contributed by atoms with E-state index in [-0.39, 0.29) is 16.7 Å². The highest BCUT2D eigenvalue weighted by molar-refractivity contribution is 5.48. The molecule has 2 nitrogen and oxygen atoms in total. The van der Waals surface area contributed by atoms with Crippen LogP contribution in [0, 0.1) is 5.82 Å². The van der Waals surface area contributed by atoms with Crippen LogP contribution in [0.1, 0.15) is 31.2 Å². The van der Waals surface area contributed by atoms with Crippen LogP contribution >= 0.6 is 0 Å². The van der Waals surface area contributed by atoms with Gasteiger partial charge in [-0.2, -0.15) is 0 Å². The minimum absolute atomic E-state index is 0.140. The fraction of sp³-hybridized carbons (Fsp3) is 0.500. The Hall–Kier alpha value is -1.09. The second kappa shape index (κ2) is 2.53. The fourth-order valence-electron chi connectivity index (χ4n) is 2.68. The van der Waals surface area contributed by atoms with Gasteiger partial charge >= 0.3 is 0 Å². The Balaban J connectivity index is 2.10. The van der Waals surface area contributed by atoms with Crippen LogP contribution in [0.5, 0.6) is 5.75 Å². The summed E-state index contributed by atoms with van der Waals surface area (Å²) >= 11 is 0. The van der Waals surface area contributed by atoms with E-state index in [0.29, 0.717) is 5.56 Å². The second-order valence-electron chi connectivity index (χ2n) is 4.87. The zero-order chi connectivity index (χ0) is 10.7. The van der Waals surface area contributed by atoms with Crippen LogP contribution in [-0.2, 0) is 5.41 Å². The lowest BCUT2D eigenvalue weighted by molar-refractivity contribution is 0.403. The van der Waals surface area contributed by atoms with Crippen molar-refractivity contribution in [3.63, 3.8) is 0 Å². The summed E-state index contributed by atoms with van der Waals surface area (Å²) in [5.74, 6) is -0.741. The minimum atomic E-state index is -0.539. The van der Waals surface area contributed by atoms with Crippen molar-refractivity contribution >= 4 is 0 Å². The molecule has 2 aliphatic carbocycles. The van der Waals surface area contributed by atoms with E-state index in [1.165, 1.54) is 6.07 Å². The smallest absolute Gasteiger partial charge is 0.165 e. The van der Waals surface area contributed by atoms with E-state index >= 15 is 0 Å². The highest BCUT2D eigenvalue weighted by Crippen LogP contribution is 2.65. The summed E-state index contributed by atoms with van der Waals surface area (Å²) in [7, 11) is 0. The molecule has 3 heteroatoms. The molecule has 0 spiro atoms. The number of phenolic OH excluding ortho intramolecular Hbond substituents is 1. The first-order valence-electron chi connectivity index (χ1n) is 5.36. The maximum Gasteiger partial charge on any atom is 0.165 e. The summed E-state index contributed by atoms with van der Waals surface area (Å²) in [6.07, 6.45) is 3.92. The summed E-state index contributed by atoms with van der Waals surface area (Å²) in [6.45, 7) is 0. The Kier molecular flexibility index (Phi) is 1.54. The summed E-state index contributed by atoms with van der Waals surface area (Å²) in [5, 5.41) is 9.73. The molecule has 1 aromatic carbocycles. The van der Waals surface area contributed by atoms with Gasteiger partial charge in [0.15, 0.2) is 11.6 Å². The van der Waals surface area contributed by atoms with Gasteiger partial charge in [-0.05, 0) is 31.7 Å². The molecular formula is C12H14FNO. The Labute approximate surface area is 87.9 Å². The molecular weight excluding hydrogens is 193 g/mol. The molecule has 0 aromatic heterocycles. The summed E-state index contributed by atoms with van der Waals surface area (Å²) < 4.78 is 13.3. The number of rotatable bonds is 2. The van der Waals surface area contributed by atoms with Gasteiger partial charge in [-0.15, -0.1) is 0 Å². The van der Waals surface area contributed by atoms with E-state index in [9.17, 15) is 9.50 Å². The van der Waals surface area contributed by atoms with Gasteiger partial charge in [-0.3, -0.25) is 0 Å². The molecule has 0 aliphatic heterocycles. The molecule has 2 aliphatic rings. The first kappa shape index (κ1) is 9.16. The van der Waals surface area contributed by atoms with Crippen molar-refractivity contribution in [3.05, 3.63) is 29.6 Å². The van der Waals surface area contributed by atoms with Gasteiger partial charge in [-0.1, -0.05) is 12.1 Å². The Morgan fingerprint density at radius 1 is 1.20 bits per heavy atom. The van der Waals surface area contributed by atoms with Gasteiger partial charge in [0.1, 0.15) is 0 Å². The number of nitrogens with two attached hydrogens (primary N) is 1. The van der Waals surface area contributed by atoms with Gasteiger partial charge in [0, 0.05) is 16.5 Å². The van der Waals surface area contributed by atoms with Crippen molar-refractivity contribution in [3.8, 4) is 5.75 Å². The molecule has 2 fully saturated rings. The molecule has 0 amide bonds. The first-order chi connectivity index (χ1) is 7.09. The van der Waals surface area contributed by atoms with Crippen molar-refractivity contribution in [2.75, 3.05) is 0 Å². The molecule has 1 aromatic rings. The van der Waals surface area contributed by atoms with Gasteiger partial charge in [-0.25, -0.2) is 4.39 Å². The highest BCUT2D eigenvalue weighted by Gasteiger charge is 2.64. The van der Waals surface area contributed by atoms with Crippen LogP contribution in [-0.4, -0.2) is 10.6 Å². The Bertz CT molecular complexity index is 422. The van der Waals surface area contributed by atoms with Crippen molar-refractivity contribution < 1.29 is 9.50 Å². The van der Waals surface area contributed by atoms with Crippen LogP contribution in [0.4, 0.5) is 4.39 Å².